The van der Waals surface area contributed by atoms with Crippen LogP contribution in [-0.4, -0.2) is 19.5 Å². The normalized spacial score (nSPS) is 10.2. The summed E-state index contributed by atoms with van der Waals surface area (Å²) in [5, 5.41) is -0.0422. The molecule has 0 radical (unpaired) electrons. The van der Waals surface area contributed by atoms with Gasteiger partial charge in [0.15, 0.2) is 12.4 Å². The van der Waals surface area contributed by atoms with Gasteiger partial charge in [-0.05, 0) is 36.4 Å². The SMILES string of the molecule is COc1ccc(C(=O)COc2ccc(F)c(Cl)c2)cc1. The van der Waals surface area contributed by atoms with E-state index in [0.717, 1.165) is 0 Å². The Labute approximate surface area is 120 Å². The van der Waals surface area contributed by atoms with Crippen molar-refractivity contribution < 1.29 is 18.7 Å². The molecule has 0 saturated heterocycles. The first-order valence-corrected chi connectivity index (χ1v) is 6.23. The van der Waals surface area contributed by atoms with Crippen LogP contribution in [0.15, 0.2) is 42.5 Å². The Bertz CT molecular complexity index is 611. The van der Waals surface area contributed by atoms with Crippen molar-refractivity contribution in [3.8, 4) is 11.5 Å². The Morgan fingerprint density at radius 2 is 1.80 bits per heavy atom. The van der Waals surface area contributed by atoms with Gasteiger partial charge >= 0.3 is 0 Å². The molecule has 0 spiro atoms. The van der Waals surface area contributed by atoms with Crippen LogP contribution in [-0.2, 0) is 0 Å². The van der Waals surface area contributed by atoms with Crippen molar-refractivity contribution in [2.45, 2.75) is 0 Å². The van der Waals surface area contributed by atoms with Crippen molar-refractivity contribution in [1.29, 1.82) is 0 Å². The van der Waals surface area contributed by atoms with Gasteiger partial charge in [0.1, 0.15) is 17.3 Å². The summed E-state index contributed by atoms with van der Waals surface area (Å²) in [5.74, 6) is 0.305. The third-order valence-electron chi connectivity index (χ3n) is 2.67. The molecule has 3 nitrogen and oxygen atoms in total. The maximum absolute atomic E-state index is 13.0. The Kier molecular flexibility index (Phi) is 4.58. The molecule has 0 saturated carbocycles. The number of benzene rings is 2. The first-order chi connectivity index (χ1) is 9.60. The maximum Gasteiger partial charge on any atom is 0.200 e. The fourth-order valence-corrected chi connectivity index (χ4v) is 1.75. The molecule has 0 aliphatic rings. The Morgan fingerprint density at radius 3 is 2.40 bits per heavy atom. The van der Waals surface area contributed by atoms with Gasteiger partial charge in [0.2, 0.25) is 0 Å². The van der Waals surface area contributed by atoms with Crippen molar-refractivity contribution >= 4 is 17.4 Å². The summed E-state index contributed by atoms with van der Waals surface area (Å²) in [6.45, 7) is -0.145. The smallest absolute Gasteiger partial charge is 0.200 e. The van der Waals surface area contributed by atoms with Crippen LogP contribution in [0.4, 0.5) is 4.39 Å². The number of ketones is 1. The molecule has 20 heavy (non-hydrogen) atoms. The van der Waals surface area contributed by atoms with Gasteiger partial charge < -0.3 is 9.47 Å². The second-order valence-corrected chi connectivity index (χ2v) is 4.42. The van der Waals surface area contributed by atoms with Crippen molar-refractivity contribution in [2.24, 2.45) is 0 Å². The number of halogens is 2. The second kappa shape index (κ2) is 6.39. The lowest BCUT2D eigenvalue weighted by molar-refractivity contribution is 0.0921. The van der Waals surface area contributed by atoms with Crippen molar-refractivity contribution in [3.05, 3.63) is 58.9 Å². The van der Waals surface area contributed by atoms with Crippen molar-refractivity contribution in [1.82, 2.24) is 0 Å². The average molecular weight is 295 g/mol. The first-order valence-electron chi connectivity index (χ1n) is 5.85. The highest BCUT2D eigenvalue weighted by Gasteiger charge is 2.08. The summed E-state index contributed by atoms with van der Waals surface area (Å²) in [5.41, 5.74) is 0.513. The molecule has 0 aromatic heterocycles. The molecule has 0 atom stereocenters. The molecule has 104 valence electrons. The Balaban J connectivity index is 1.98. The zero-order valence-electron chi connectivity index (χ0n) is 10.7. The van der Waals surface area contributed by atoms with E-state index in [4.69, 9.17) is 21.1 Å². The van der Waals surface area contributed by atoms with E-state index in [9.17, 15) is 9.18 Å². The lowest BCUT2D eigenvalue weighted by Crippen LogP contribution is -2.11. The minimum atomic E-state index is -0.527. The van der Waals surface area contributed by atoms with Gasteiger partial charge in [0.05, 0.1) is 12.1 Å². The van der Waals surface area contributed by atoms with E-state index >= 15 is 0 Å². The van der Waals surface area contributed by atoms with E-state index < -0.39 is 5.82 Å². The third kappa shape index (κ3) is 3.48. The quantitative estimate of drug-likeness (QED) is 0.788. The highest BCUT2D eigenvalue weighted by atomic mass is 35.5. The van der Waals surface area contributed by atoms with Gasteiger partial charge in [-0.15, -0.1) is 0 Å². The zero-order valence-corrected chi connectivity index (χ0v) is 11.5. The Hall–Kier alpha value is -2.07. The predicted octanol–water partition coefficient (Wildman–Crippen LogP) is 3.75. The topological polar surface area (TPSA) is 35.5 Å². The molecule has 0 fully saturated rings. The van der Waals surface area contributed by atoms with Gasteiger partial charge in [-0.3, -0.25) is 4.79 Å². The standard InChI is InChI=1S/C15H12ClFO3/c1-19-11-4-2-10(3-5-11)15(18)9-20-12-6-7-14(17)13(16)8-12/h2-8H,9H2,1H3. The van der Waals surface area contributed by atoms with Gasteiger partial charge in [-0.2, -0.15) is 0 Å². The van der Waals surface area contributed by atoms with E-state index in [-0.39, 0.29) is 17.4 Å². The van der Waals surface area contributed by atoms with Gasteiger partial charge in [0.25, 0.3) is 0 Å². The number of carbonyl (C=O) groups excluding carboxylic acids is 1. The largest absolute Gasteiger partial charge is 0.497 e. The number of rotatable bonds is 5. The number of carbonyl (C=O) groups is 1. The van der Waals surface area contributed by atoms with Crippen LogP contribution in [0.25, 0.3) is 0 Å². The molecular formula is C15H12ClFO3. The third-order valence-corrected chi connectivity index (χ3v) is 2.96. The highest BCUT2D eigenvalue weighted by Crippen LogP contribution is 2.21. The van der Waals surface area contributed by atoms with Gasteiger partial charge in [-0.25, -0.2) is 4.39 Å². The number of Topliss-reactive ketones (excluding diaryl/α,β-unsaturated/α-hetero) is 1. The van der Waals surface area contributed by atoms with E-state index in [1.807, 2.05) is 0 Å². The summed E-state index contributed by atoms with van der Waals surface area (Å²) < 4.78 is 23.3. The van der Waals surface area contributed by atoms with Crippen molar-refractivity contribution in [3.63, 3.8) is 0 Å². The maximum atomic E-state index is 13.0. The summed E-state index contributed by atoms with van der Waals surface area (Å²) in [6, 6.07) is 10.6. The van der Waals surface area contributed by atoms with Crippen LogP contribution in [0.3, 0.4) is 0 Å². The summed E-state index contributed by atoms with van der Waals surface area (Å²) in [4.78, 5) is 11.9. The minimum Gasteiger partial charge on any atom is -0.497 e. The molecule has 2 aromatic carbocycles. The lowest BCUT2D eigenvalue weighted by Gasteiger charge is -2.07. The number of ether oxygens (including phenoxy) is 2. The van der Waals surface area contributed by atoms with Crippen LogP contribution in [0.2, 0.25) is 5.02 Å². The molecule has 2 aromatic rings. The highest BCUT2D eigenvalue weighted by molar-refractivity contribution is 6.30. The van der Waals surface area contributed by atoms with Crippen LogP contribution < -0.4 is 9.47 Å². The predicted molar refractivity (Wildman–Crippen MR) is 74.2 cm³/mol. The second-order valence-electron chi connectivity index (χ2n) is 4.02. The monoisotopic (exact) mass is 294 g/mol. The molecule has 0 aliphatic carbocycles. The number of hydrogen-bond donors (Lipinski definition) is 0. The molecule has 0 amide bonds. The van der Waals surface area contributed by atoms with Crippen LogP contribution in [0.5, 0.6) is 11.5 Å². The number of methoxy groups -OCH3 is 1. The van der Waals surface area contributed by atoms with E-state index in [1.165, 1.54) is 18.2 Å². The van der Waals surface area contributed by atoms with Gasteiger partial charge in [0, 0.05) is 11.6 Å². The average Bonchev–Trinajstić information content (AvgIpc) is 2.48. The number of hydrogen-bond acceptors (Lipinski definition) is 3. The Morgan fingerprint density at radius 1 is 1.15 bits per heavy atom. The molecule has 2 rings (SSSR count). The molecule has 0 unspecified atom stereocenters. The van der Waals surface area contributed by atoms with E-state index in [1.54, 1.807) is 31.4 Å². The molecule has 0 N–H and O–H groups in total. The molecule has 0 bridgehead atoms. The fourth-order valence-electron chi connectivity index (χ4n) is 1.58. The lowest BCUT2D eigenvalue weighted by atomic mass is 10.1. The van der Waals surface area contributed by atoms with Gasteiger partial charge in [-0.1, -0.05) is 11.6 Å². The summed E-state index contributed by atoms with van der Waals surface area (Å²) in [7, 11) is 1.55. The van der Waals surface area contributed by atoms with E-state index in [0.29, 0.717) is 17.1 Å². The van der Waals surface area contributed by atoms with Crippen LogP contribution >= 0.6 is 11.6 Å². The zero-order chi connectivity index (χ0) is 14.5. The van der Waals surface area contributed by atoms with Crippen LogP contribution in [0, 0.1) is 5.82 Å². The molecule has 5 heteroatoms. The summed E-state index contributed by atoms with van der Waals surface area (Å²) in [6.07, 6.45) is 0. The van der Waals surface area contributed by atoms with E-state index in [2.05, 4.69) is 0 Å². The molecule has 0 heterocycles. The first kappa shape index (κ1) is 14.3. The van der Waals surface area contributed by atoms with Crippen molar-refractivity contribution in [2.75, 3.05) is 13.7 Å². The minimum absolute atomic E-state index is 0.0422. The van der Waals surface area contributed by atoms with Crippen LogP contribution in [0.1, 0.15) is 10.4 Å². The molecular weight excluding hydrogens is 283 g/mol. The fraction of sp³-hybridized carbons (Fsp3) is 0.133. The molecule has 0 aliphatic heterocycles. The summed E-state index contributed by atoms with van der Waals surface area (Å²) >= 11 is 5.63.